The Bertz CT molecular complexity index is 412. The van der Waals surface area contributed by atoms with Crippen LogP contribution in [0.4, 0.5) is 0 Å². The van der Waals surface area contributed by atoms with Crippen LogP contribution >= 0.6 is 0 Å². The number of hydrogen-bond acceptors (Lipinski definition) is 3. The maximum Gasteiger partial charge on any atom is 0.162 e. The summed E-state index contributed by atoms with van der Waals surface area (Å²) in [7, 11) is 3.48. The topological polar surface area (TPSA) is 47.3 Å². The zero-order valence-electron chi connectivity index (χ0n) is 11.2. The Hall–Kier alpha value is -1.03. The molecule has 4 heteroatoms. The molecule has 1 unspecified atom stereocenters. The van der Waals surface area contributed by atoms with Crippen LogP contribution < -0.4 is 4.74 Å². The van der Waals surface area contributed by atoms with Gasteiger partial charge in [-0.15, -0.1) is 0 Å². The number of aliphatic hydroxyl groups is 1. The summed E-state index contributed by atoms with van der Waals surface area (Å²) in [5.41, 5.74) is 0.174. The average Bonchev–Trinajstić information content (AvgIpc) is 2.58. The highest BCUT2D eigenvalue weighted by molar-refractivity contribution is 5.31. The van der Waals surface area contributed by atoms with Crippen LogP contribution in [0.25, 0.3) is 0 Å². The summed E-state index contributed by atoms with van der Waals surface area (Å²) in [5.74, 6) is 0.688. The minimum Gasteiger partial charge on any atom is -0.493 e. The molecule has 4 nitrogen and oxygen atoms in total. The van der Waals surface area contributed by atoms with Gasteiger partial charge in [-0.2, -0.15) is 5.10 Å². The number of rotatable bonds is 2. The Morgan fingerprint density at radius 1 is 1.41 bits per heavy atom. The van der Waals surface area contributed by atoms with Crippen molar-refractivity contribution < 1.29 is 9.84 Å². The lowest BCUT2D eigenvalue weighted by Gasteiger charge is -2.41. The van der Waals surface area contributed by atoms with E-state index in [-0.39, 0.29) is 5.41 Å². The molecule has 1 aromatic heterocycles. The number of methoxy groups -OCH3 is 1. The molecule has 1 aliphatic rings. The molecule has 0 bridgehead atoms. The zero-order valence-corrected chi connectivity index (χ0v) is 11.2. The fourth-order valence-electron chi connectivity index (χ4n) is 3.13. The van der Waals surface area contributed by atoms with Crippen LogP contribution in [0.5, 0.6) is 5.75 Å². The maximum atomic E-state index is 10.9. The summed E-state index contributed by atoms with van der Waals surface area (Å²) in [6.45, 7) is 4.42. The minimum atomic E-state index is -0.807. The molecule has 1 aromatic rings. The molecule has 2 rings (SSSR count). The van der Waals surface area contributed by atoms with Crippen molar-refractivity contribution in [3.63, 3.8) is 0 Å². The number of aryl methyl sites for hydroxylation is 1. The standard InChI is InChI=1S/C13H22N2O2/c1-12(2)6-5-7-13(16,9-12)11-10(17-4)8-14-15(11)3/h8,16H,5-7,9H2,1-4H3. The van der Waals surface area contributed by atoms with Crippen molar-refractivity contribution in [2.75, 3.05) is 7.11 Å². The Balaban J connectivity index is 2.40. The van der Waals surface area contributed by atoms with E-state index in [0.717, 1.165) is 31.4 Å². The Labute approximate surface area is 103 Å². The predicted molar refractivity (Wildman–Crippen MR) is 65.9 cm³/mol. The number of aromatic nitrogens is 2. The van der Waals surface area contributed by atoms with E-state index < -0.39 is 5.60 Å². The van der Waals surface area contributed by atoms with Gasteiger partial charge in [0.05, 0.1) is 13.3 Å². The van der Waals surface area contributed by atoms with Gasteiger partial charge >= 0.3 is 0 Å². The van der Waals surface area contributed by atoms with Crippen LogP contribution in [0.15, 0.2) is 6.20 Å². The largest absolute Gasteiger partial charge is 0.493 e. The summed E-state index contributed by atoms with van der Waals surface area (Å²) < 4.78 is 7.05. The second-order valence-corrected chi connectivity index (χ2v) is 5.91. The molecule has 0 radical (unpaired) electrons. The Morgan fingerprint density at radius 2 is 2.12 bits per heavy atom. The van der Waals surface area contributed by atoms with Gasteiger partial charge in [0.2, 0.25) is 0 Å². The molecular formula is C13H22N2O2. The summed E-state index contributed by atoms with van der Waals surface area (Å²) in [6, 6.07) is 0. The molecule has 0 saturated heterocycles. The van der Waals surface area contributed by atoms with Gasteiger partial charge < -0.3 is 9.84 Å². The normalized spacial score (nSPS) is 28.1. The van der Waals surface area contributed by atoms with Gasteiger partial charge in [0.25, 0.3) is 0 Å². The lowest BCUT2D eigenvalue weighted by molar-refractivity contribution is -0.0513. The van der Waals surface area contributed by atoms with Gasteiger partial charge in [-0.25, -0.2) is 0 Å². The third-order valence-corrected chi connectivity index (χ3v) is 3.78. The van der Waals surface area contributed by atoms with Gasteiger partial charge in [-0.05, 0) is 31.1 Å². The molecule has 1 fully saturated rings. The summed E-state index contributed by atoms with van der Waals surface area (Å²) in [5, 5.41) is 15.1. The number of ether oxygens (including phenoxy) is 1. The predicted octanol–water partition coefficient (Wildman–Crippen LogP) is 2.22. The van der Waals surface area contributed by atoms with Crippen molar-refractivity contribution in [2.24, 2.45) is 12.5 Å². The van der Waals surface area contributed by atoms with Crippen LogP contribution in [0.2, 0.25) is 0 Å². The first kappa shape index (κ1) is 12.4. The third kappa shape index (κ3) is 2.18. The van der Waals surface area contributed by atoms with E-state index in [2.05, 4.69) is 18.9 Å². The van der Waals surface area contributed by atoms with E-state index in [0.29, 0.717) is 5.75 Å². The van der Waals surface area contributed by atoms with Gasteiger partial charge in [0.1, 0.15) is 11.3 Å². The maximum absolute atomic E-state index is 10.9. The van der Waals surface area contributed by atoms with Gasteiger partial charge in [0, 0.05) is 7.05 Å². The fourth-order valence-corrected chi connectivity index (χ4v) is 3.13. The van der Waals surface area contributed by atoms with E-state index in [1.165, 1.54) is 0 Å². The first-order valence-corrected chi connectivity index (χ1v) is 6.17. The van der Waals surface area contributed by atoms with E-state index in [4.69, 9.17) is 4.74 Å². The first-order chi connectivity index (χ1) is 7.88. The van der Waals surface area contributed by atoms with Crippen molar-refractivity contribution in [3.8, 4) is 5.75 Å². The molecule has 1 saturated carbocycles. The summed E-state index contributed by atoms with van der Waals surface area (Å²) >= 11 is 0. The van der Waals surface area contributed by atoms with Crippen molar-refractivity contribution in [3.05, 3.63) is 11.9 Å². The Morgan fingerprint density at radius 3 is 2.71 bits per heavy atom. The summed E-state index contributed by atoms with van der Waals surface area (Å²) in [6.07, 6.45) is 5.42. The number of hydrogen-bond donors (Lipinski definition) is 1. The van der Waals surface area contributed by atoms with Gasteiger partial charge in [-0.1, -0.05) is 13.8 Å². The highest BCUT2D eigenvalue weighted by Gasteiger charge is 2.43. The molecule has 1 N–H and O–H groups in total. The molecule has 17 heavy (non-hydrogen) atoms. The van der Waals surface area contributed by atoms with Crippen molar-refractivity contribution in [1.82, 2.24) is 9.78 Å². The fraction of sp³-hybridized carbons (Fsp3) is 0.769. The second-order valence-electron chi connectivity index (χ2n) is 5.91. The lowest BCUT2D eigenvalue weighted by atomic mass is 9.68. The van der Waals surface area contributed by atoms with Crippen LogP contribution in [0, 0.1) is 5.41 Å². The lowest BCUT2D eigenvalue weighted by Crippen LogP contribution is -2.38. The van der Waals surface area contributed by atoms with E-state index in [9.17, 15) is 5.11 Å². The van der Waals surface area contributed by atoms with Crippen LogP contribution in [0.3, 0.4) is 0 Å². The van der Waals surface area contributed by atoms with Crippen molar-refractivity contribution in [2.45, 2.75) is 45.1 Å². The van der Waals surface area contributed by atoms with Crippen LogP contribution in [0.1, 0.15) is 45.2 Å². The van der Waals surface area contributed by atoms with Crippen LogP contribution in [-0.2, 0) is 12.6 Å². The number of nitrogens with zero attached hydrogens (tertiary/aromatic N) is 2. The molecule has 0 aromatic carbocycles. The second kappa shape index (κ2) is 4.02. The summed E-state index contributed by atoms with van der Waals surface area (Å²) in [4.78, 5) is 0. The quantitative estimate of drug-likeness (QED) is 0.859. The van der Waals surface area contributed by atoms with Gasteiger partial charge in [-0.3, -0.25) is 4.68 Å². The molecule has 1 heterocycles. The van der Waals surface area contributed by atoms with Gasteiger partial charge in [0.15, 0.2) is 5.75 Å². The smallest absolute Gasteiger partial charge is 0.162 e. The SMILES string of the molecule is COc1cnn(C)c1C1(O)CCCC(C)(C)C1. The molecule has 0 aliphatic heterocycles. The molecule has 96 valence electrons. The van der Waals surface area contributed by atoms with Crippen molar-refractivity contribution in [1.29, 1.82) is 0 Å². The van der Waals surface area contributed by atoms with Crippen molar-refractivity contribution >= 4 is 0 Å². The first-order valence-electron chi connectivity index (χ1n) is 6.17. The Kier molecular flexibility index (Phi) is 2.94. The van der Waals surface area contributed by atoms with E-state index in [1.807, 2.05) is 7.05 Å². The van der Waals surface area contributed by atoms with E-state index >= 15 is 0 Å². The monoisotopic (exact) mass is 238 g/mol. The molecule has 1 aliphatic carbocycles. The highest BCUT2D eigenvalue weighted by Crippen LogP contribution is 2.48. The average molecular weight is 238 g/mol. The molecule has 0 amide bonds. The molecule has 0 spiro atoms. The van der Waals surface area contributed by atoms with E-state index in [1.54, 1.807) is 18.0 Å². The molecular weight excluding hydrogens is 216 g/mol. The third-order valence-electron chi connectivity index (χ3n) is 3.78. The minimum absolute atomic E-state index is 0.169. The highest BCUT2D eigenvalue weighted by atomic mass is 16.5. The molecule has 1 atom stereocenters. The zero-order chi connectivity index (χ0) is 12.7. The van der Waals surface area contributed by atoms with Crippen LogP contribution in [-0.4, -0.2) is 22.0 Å².